The molecule has 3 amide bonds. The molecule has 1 aliphatic heterocycles. The number of hydrogen-bond donors (Lipinski definition) is 3. The lowest BCUT2D eigenvalue weighted by molar-refractivity contribution is -0.116. The van der Waals surface area contributed by atoms with Gasteiger partial charge in [0.05, 0.1) is 6.04 Å². The molecule has 5 nitrogen and oxygen atoms in total. The molecule has 0 radical (unpaired) electrons. The average molecular weight is 335 g/mol. The van der Waals surface area contributed by atoms with E-state index < -0.39 is 0 Å². The summed E-state index contributed by atoms with van der Waals surface area (Å²) in [7, 11) is 0. The lowest BCUT2D eigenvalue weighted by Crippen LogP contribution is -2.30. The molecule has 0 saturated carbocycles. The number of benzene rings is 1. The number of urea groups is 1. The molecule has 3 N–H and O–H groups in total. The van der Waals surface area contributed by atoms with E-state index in [9.17, 15) is 9.59 Å². The van der Waals surface area contributed by atoms with Gasteiger partial charge in [0.15, 0.2) is 0 Å². The van der Waals surface area contributed by atoms with Crippen LogP contribution < -0.4 is 16.0 Å². The van der Waals surface area contributed by atoms with Crippen molar-refractivity contribution in [3.05, 3.63) is 24.3 Å². The fraction of sp³-hybridized carbons (Fsp3) is 0.529. The smallest absolute Gasteiger partial charge is 0.315 e. The first kappa shape index (κ1) is 17.7. The Balaban J connectivity index is 1.60. The van der Waals surface area contributed by atoms with E-state index >= 15 is 0 Å². The molecule has 6 heteroatoms. The highest BCUT2D eigenvalue weighted by Gasteiger charge is 2.26. The van der Waals surface area contributed by atoms with Crippen LogP contribution in [0.15, 0.2) is 29.2 Å². The largest absolute Gasteiger partial charge is 0.334 e. The summed E-state index contributed by atoms with van der Waals surface area (Å²) in [6, 6.07) is 8.20. The molecule has 0 aliphatic carbocycles. The first-order chi connectivity index (χ1) is 11.1. The third kappa shape index (κ3) is 5.78. The van der Waals surface area contributed by atoms with Gasteiger partial charge in [-0.15, -0.1) is 11.8 Å². The number of nitrogens with one attached hydrogen (secondary N) is 3. The molecule has 1 heterocycles. The number of thioether (sulfide) groups is 1. The van der Waals surface area contributed by atoms with Crippen molar-refractivity contribution in [2.75, 3.05) is 11.6 Å². The zero-order valence-electron chi connectivity index (χ0n) is 13.7. The topological polar surface area (TPSA) is 70.2 Å². The maximum atomic E-state index is 11.9. The fourth-order valence-corrected chi connectivity index (χ4v) is 3.17. The summed E-state index contributed by atoms with van der Waals surface area (Å²) < 4.78 is 0. The van der Waals surface area contributed by atoms with E-state index in [4.69, 9.17) is 0 Å². The summed E-state index contributed by atoms with van der Waals surface area (Å²) in [5.41, 5.74) is 0.857. The first-order valence-electron chi connectivity index (χ1n) is 8.09. The van der Waals surface area contributed by atoms with Crippen molar-refractivity contribution in [1.82, 2.24) is 10.6 Å². The van der Waals surface area contributed by atoms with Gasteiger partial charge in [0.2, 0.25) is 5.91 Å². The van der Waals surface area contributed by atoms with Gasteiger partial charge in [0, 0.05) is 23.0 Å². The number of hydrogen-bond acceptors (Lipinski definition) is 3. The van der Waals surface area contributed by atoms with Gasteiger partial charge in [0.1, 0.15) is 0 Å². The Bertz CT molecular complexity index is 550. The van der Waals surface area contributed by atoms with Crippen LogP contribution in [0.4, 0.5) is 10.5 Å². The summed E-state index contributed by atoms with van der Waals surface area (Å²) >= 11 is 1.66. The van der Waals surface area contributed by atoms with Crippen LogP contribution in [0.25, 0.3) is 0 Å². The molecule has 0 bridgehead atoms. The Kier molecular flexibility index (Phi) is 6.77. The van der Waals surface area contributed by atoms with Crippen molar-refractivity contribution >= 4 is 29.4 Å². The number of unbranched alkanes of at least 4 members (excludes halogenated alkanes) is 2. The molecule has 1 aromatic carbocycles. The van der Waals surface area contributed by atoms with Crippen LogP contribution in [0.1, 0.15) is 39.0 Å². The second-order valence-corrected chi connectivity index (χ2v) is 6.77. The Labute approximate surface area is 142 Å². The predicted octanol–water partition coefficient (Wildman–Crippen LogP) is 3.37. The maximum absolute atomic E-state index is 11.9. The molecule has 126 valence electrons. The summed E-state index contributed by atoms with van der Waals surface area (Å²) in [6.07, 6.45) is 6.40. The fourth-order valence-electron chi connectivity index (χ4n) is 2.72. The highest BCUT2D eigenvalue weighted by atomic mass is 32.2. The predicted molar refractivity (Wildman–Crippen MR) is 94.9 cm³/mol. The van der Waals surface area contributed by atoms with Gasteiger partial charge in [-0.1, -0.05) is 18.9 Å². The molecule has 1 aromatic rings. The average Bonchev–Trinajstić information content (AvgIpc) is 2.85. The lowest BCUT2D eigenvalue weighted by Gasteiger charge is -2.13. The normalized spacial score (nSPS) is 20.0. The summed E-state index contributed by atoms with van der Waals surface area (Å²) in [5.74, 6) is 0.0625. The molecule has 1 fully saturated rings. The van der Waals surface area contributed by atoms with Crippen molar-refractivity contribution in [2.45, 2.75) is 56.0 Å². The van der Waals surface area contributed by atoms with Gasteiger partial charge in [-0.05, 0) is 44.2 Å². The molecular weight excluding hydrogens is 310 g/mol. The highest BCUT2D eigenvalue weighted by Crippen LogP contribution is 2.19. The van der Waals surface area contributed by atoms with Crippen molar-refractivity contribution in [1.29, 1.82) is 0 Å². The maximum Gasteiger partial charge on any atom is 0.315 e. The summed E-state index contributed by atoms with van der Waals surface area (Å²) in [5, 5.41) is 8.70. The van der Waals surface area contributed by atoms with Crippen molar-refractivity contribution in [2.24, 2.45) is 0 Å². The van der Waals surface area contributed by atoms with Crippen molar-refractivity contribution in [3.8, 4) is 0 Å². The Morgan fingerprint density at radius 1 is 1.26 bits per heavy atom. The van der Waals surface area contributed by atoms with E-state index in [0.29, 0.717) is 6.42 Å². The third-order valence-electron chi connectivity index (χ3n) is 4.05. The first-order valence-corrected chi connectivity index (χ1v) is 9.32. The summed E-state index contributed by atoms with van der Waals surface area (Å²) in [6.45, 7) is 2.01. The molecule has 0 unspecified atom stereocenters. The van der Waals surface area contributed by atoms with Crippen LogP contribution >= 0.6 is 11.8 Å². The van der Waals surface area contributed by atoms with E-state index in [1.807, 2.05) is 37.4 Å². The number of anilines is 1. The number of carbonyl (C=O) groups excluding carboxylic acids is 2. The van der Waals surface area contributed by atoms with Gasteiger partial charge < -0.3 is 16.0 Å². The molecule has 0 spiro atoms. The molecule has 23 heavy (non-hydrogen) atoms. The lowest BCUT2D eigenvalue weighted by atomic mass is 10.0. The van der Waals surface area contributed by atoms with E-state index in [0.717, 1.165) is 36.3 Å². The summed E-state index contributed by atoms with van der Waals surface area (Å²) in [4.78, 5) is 24.3. The van der Waals surface area contributed by atoms with E-state index in [1.165, 1.54) is 0 Å². The van der Waals surface area contributed by atoms with Crippen molar-refractivity contribution in [3.63, 3.8) is 0 Å². The Hall–Kier alpha value is -1.69. The van der Waals surface area contributed by atoms with Gasteiger partial charge >= 0.3 is 6.03 Å². The Morgan fingerprint density at radius 3 is 2.78 bits per heavy atom. The van der Waals surface area contributed by atoms with Gasteiger partial charge in [-0.3, -0.25) is 4.79 Å². The molecular formula is C17H25N3O2S. The zero-order valence-corrected chi connectivity index (χ0v) is 14.5. The van der Waals surface area contributed by atoms with Crippen LogP contribution in [-0.2, 0) is 4.79 Å². The SMILES string of the molecule is CSc1cccc(NC(=O)CCCCC[C@H]2NC(=O)N[C@H]2C)c1. The van der Waals surface area contributed by atoms with Crippen LogP contribution in [0, 0.1) is 0 Å². The van der Waals surface area contributed by atoms with Crippen LogP contribution in [0.5, 0.6) is 0 Å². The minimum Gasteiger partial charge on any atom is -0.334 e. The molecule has 2 rings (SSSR count). The van der Waals surface area contributed by atoms with Crippen LogP contribution in [-0.4, -0.2) is 30.3 Å². The Morgan fingerprint density at radius 2 is 2.09 bits per heavy atom. The number of carbonyl (C=O) groups is 2. The second kappa shape index (κ2) is 8.82. The zero-order chi connectivity index (χ0) is 16.7. The standard InChI is InChI=1S/C17H25N3O2S/c1-12-15(20-17(22)18-12)9-4-3-5-10-16(21)19-13-7-6-8-14(11-13)23-2/h6-8,11-12,15H,3-5,9-10H2,1-2H3,(H,19,21)(H2,18,20,22)/t12-,15+/m0/s1. The second-order valence-electron chi connectivity index (χ2n) is 5.89. The van der Waals surface area contributed by atoms with Crippen molar-refractivity contribution < 1.29 is 9.59 Å². The van der Waals surface area contributed by atoms with Gasteiger partial charge in [-0.25, -0.2) is 4.79 Å². The molecule has 2 atom stereocenters. The number of amides is 3. The van der Waals surface area contributed by atoms with Gasteiger partial charge in [-0.2, -0.15) is 0 Å². The molecule has 1 saturated heterocycles. The van der Waals surface area contributed by atoms with Crippen LogP contribution in [0.3, 0.4) is 0 Å². The number of rotatable bonds is 8. The van der Waals surface area contributed by atoms with Gasteiger partial charge in [0.25, 0.3) is 0 Å². The third-order valence-corrected chi connectivity index (χ3v) is 4.78. The quantitative estimate of drug-likeness (QED) is 0.504. The van der Waals surface area contributed by atoms with E-state index in [1.54, 1.807) is 11.8 Å². The van der Waals surface area contributed by atoms with E-state index in [-0.39, 0.29) is 24.0 Å². The molecule has 0 aromatic heterocycles. The van der Waals surface area contributed by atoms with Crippen LogP contribution in [0.2, 0.25) is 0 Å². The minimum absolute atomic E-state index is 0.0625. The van der Waals surface area contributed by atoms with E-state index in [2.05, 4.69) is 16.0 Å². The molecule has 1 aliphatic rings. The monoisotopic (exact) mass is 335 g/mol. The highest BCUT2D eigenvalue weighted by molar-refractivity contribution is 7.98. The minimum atomic E-state index is -0.0747.